The maximum atomic E-state index is 5.28. The van der Waals surface area contributed by atoms with Crippen LogP contribution in [0.15, 0.2) is 42.7 Å². The van der Waals surface area contributed by atoms with E-state index < -0.39 is 0 Å². The molecule has 0 saturated carbocycles. The molecule has 17 heavy (non-hydrogen) atoms. The van der Waals surface area contributed by atoms with Crippen LogP contribution in [0.5, 0.6) is 5.88 Å². The minimum Gasteiger partial charge on any atom is -0.477 e. The van der Waals surface area contributed by atoms with Gasteiger partial charge in [-0.25, -0.2) is 0 Å². The maximum absolute atomic E-state index is 5.28. The first-order valence-electron chi connectivity index (χ1n) is 5.61. The van der Waals surface area contributed by atoms with Crippen LogP contribution in [0.1, 0.15) is 12.5 Å². The van der Waals surface area contributed by atoms with Gasteiger partial charge in [0.15, 0.2) is 0 Å². The zero-order chi connectivity index (χ0) is 11.9. The monoisotopic (exact) mass is 229 g/mol. The molecule has 0 fully saturated rings. The summed E-state index contributed by atoms with van der Waals surface area (Å²) in [5.41, 5.74) is 1.20. The molecule has 0 bridgehead atoms. The number of rotatable bonds is 5. The van der Waals surface area contributed by atoms with Crippen molar-refractivity contribution in [2.75, 3.05) is 11.9 Å². The van der Waals surface area contributed by atoms with Gasteiger partial charge in [-0.15, -0.1) is 0 Å². The Labute approximate surface area is 101 Å². The van der Waals surface area contributed by atoms with Crippen molar-refractivity contribution < 1.29 is 4.74 Å². The summed E-state index contributed by atoms with van der Waals surface area (Å²) in [7, 11) is 0. The molecule has 1 N–H and O–H groups in total. The molecular weight excluding hydrogens is 214 g/mol. The number of aromatic nitrogens is 2. The summed E-state index contributed by atoms with van der Waals surface area (Å²) in [5, 5.41) is 3.21. The molecule has 2 aromatic rings. The summed E-state index contributed by atoms with van der Waals surface area (Å²) in [6, 6.07) is 10.2. The Kier molecular flexibility index (Phi) is 3.91. The topological polar surface area (TPSA) is 47.0 Å². The first-order chi connectivity index (χ1) is 8.38. The molecule has 0 amide bonds. The summed E-state index contributed by atoms with van der Waals surface area (Å²) in [6.45, 7) is 3.24. The standard InChI is InChI=1S/C13H15N3O/c1-2-17-13-10-14-9-12(16-13)15-8-11-6-4-3-5-7-11/h3-7,9-10H,2,8H2,1H3,(H,15,16). The quantitative estimate of drug-likeness (QED) is 0.855. The van der Waals surface area contributed by atoms with Crippen LogP contribution in [0.3, 0.4) is 0 Å². The fourth-order valence-electron chi connectivity index (χ4n) is 1.44. The summed E-state index contributed by atoms with van der Waals surface area (Å²) in [6.07, 6.45) is 3.29. The summed E-state index contributed by atoms with van der Waals surface area (Å²) in [4.78, 5) is 8.35. The smallest absolute Gasteiger partial charge is 0.234 e. The molecule has 0 aliphatic rings. The van der Waals surface area contributed by atoms with Crippen LogP contribution in [0.4, 0.5) is 5.82 Å². The highest BCUT2D eigenvalue weighted by molar-refractivity contribution is 5.34. The largest absolute Gasteiger partial charge is 0.477 e. The number of hydrogen-bond acceptors (Lipinski definition) is 4. The van der Waals surface area contributed by atoms with Gasteiger partial charge in [-0.1, -0.05) is 30.3 Å². The van der Waals surface area contributed by atoms with Gasteiger partial charge in [0.1, 0.15) is 5.82 Å². The van der Waals surface area contributed by atoms with E-state index in [2.05, 4.69) is 27.4 Å². The van der Waals surface area contributed by atoms with Crippen LogP contribution in [0, 0.1) is 0 Å². The summed E-state index contributed by atoms with van der Waals surface area (Å²) in [5.74, 6) is 1.27. The third-order valence-electron chi connectivity index (χ3n) is 2.22. The molecule has 0 unspecified atom stereocenters. The van der Waals surface area contributed by atoms with Gasteiger partial charge in [-0.05, 0) is 12.5 Å². The van der Waals surface area contributed by atoms with E-state index in [-0.39, 0.29) is 0 Å². The lowest BCUT2D eigenvalue weighted by Crippen LogP contribution is -2.03. The third-order valence-corrected chi connectivity index (χ3v) is 2.22. The normalized spacial score (nSPS) is 9.94. The third kappa shape index (κ3) is 3.45. The van der Waals surface area contributed by atoms with Gasteiger partial charge in [0, 0.05) is 6.54 Å². The van der Waals surface area contributed by atoms with E-state index in [0.29, 0.717) is 12.5 Å². The van der Waals surface area contributed by atoms with E-state index in [0.717, 1.165) is 12.4 Å². The van der Waals surface area contributed by atoms with Crippen molar-refractivity contribution in [3.8, 4) is 5.88 Å². The zero-order valence-electron chi connectivity index (χ0n) is 9.76. The lowest BCUT2D eigenvalue weighted by molar-refractivity contribution is 0.325. The average Bonchev–Trinajstić information content (AvgIpc) is 2.39. The lowest BCUT2D eigenvalue weighted by atomic mass is 10.2. The number of nitrogens with zero attached hydrogens (tertiary/aromatic N) is 2. The second kappa shape index (κ2) is 5.84. The van der Waals surface area contributed by atoms with Crippen molar-refractivity contribution in [1.29, 1.82) is 0 Å². The Morgan fingerprint density at radius 2 is 2.00 bits per heavy atom. The Balaban J connectivity index is 1.97. The van der Waals surface area contributed by atoms with Gasteiger partial charge in [0.25, 0.3) is 0 Å². The molecule has 88 valence electrons. The van der Waals surface area contributed by atoms with Gasteiger partial charge < -0.3 is 10.1 Å². The Bertz CT molecular complexity index is 459. The van der Waals surface area contributed by atoms with Crippen molar-refractivity contribution >= 4 is 5.82 Å². The molecule has 0 saturated heterocycles. The molecule has 1 heterocycles. The van der Waals surface area contributed by atoms with E-state index in [4.69, 9.17) is 4.74 Å². The van der Waals surface area contributed by atoms with E-state index in [1.165, 1.54) is 5.56 Å². The van der Waals surface area contributed by atoms with Crippen molar-refractivity contribution in [1.82, 2.24) is 9.97 Å². The van der Waals surface area contributed by atoms with Crippen LogP contribution in [-0.4, -0.2) is 16.6 Å². The predicted molar refractivity (Wildman–Crippen MR) is 67.0 cm³/mol. The average molecular weight is 229 g/mol. The highest BCUT2D eigenvalue weighted by atomic mass is 16.5. The van der Waals surface area contributed by atoms with Crippen LogP contribution in [0.25, 0.3) is 0 Å². The molecule has 2 rings (SSSR count). The highest BCUT2D eigenvalue weighted by Gasteiger charge is 1.98. The lowest BCUT2D eigenvalue weighted by Gasteiger charge is -2.07. The summed E-state index contributed by atoms with van der Waals surface area (Å²) < 4.78 is 5.28. The number of ether oxygens (including phenoxy) is 1. The SMILES string of the molecule is CCOc1cncc(NCc2ccccc2)n1. The molecule has 4 heteroatoms. The van der Waals surface area contributed by atoms with E-state index in [9.17, 15) is 0 Å². The molecule has 4 nitrogen and oxygen atoms in total. The number of anilines is 1. The van der Waals surface area contributed by atoms with Gasteiger partial charge in [0.2, 0.25) is 5.88 Å². The van der Waals surface area contributed by atoms with Crippen LogP contribution in [0.2, 0.25) is 0 Å². The molecular formula is C13H15N3O. The molecule has 1 aromatic heterocycles. The second-order valence-electron chi connectivity index (χ2n) is 3.51. The first kappa shape index (κ1) is 11.4. The minimum atomic E-state index is 0.547. The Hall–Kier alpha value is -2.10. The molecule has 0 spiro atoms. The fraction of sp³-hybridized carbons (Fsp3) is 0.231. The number of hydrogen-bond donors (Lipinski definition) is 1. The fourth-order valence-corrected chi connectivity index (χ4v) is 1.44. The molecule has 0 radical (unpaired) electrons. The summed E-state index contributed by atoms with van der Waals surface area (Å²) >= 11 is 0. The van der Waals surface area contributed by atoms with Gasteiger partial charge in [-0.3, -0.25) is 4.98 Å². The molecule has 0 aliphatic carbocycles. The number of benzene rings is 1. The van der Waals surface area contributed by atoms with Gasteiger partial charge in [0.05, 0.1) is 19.0 Å². The molecule has 0 aliphatic heterocycles. The minimum absolute atomic E-state index is 0.547. The van der Waals surface area contributed by atoms with Crippen LogP contribution in [-0.2, 0) is 6.54 Å². The maximum Gasteiger partial charge on any atom is 0.234 e. The van der Waals surface area contributed by atoms with E-state index >= 15 is 0 Å². The molecule has 1 aromatic carbocycles. The second-order valence-corrected chi connectivity index (χ2v) is 3.51. The number of nitrogens with one attached hydrogen (secondary N) is 1. The predicted octanol–water partition coefficient (Wildman–Crippen LogP) is 2.49. The van der Waals surface area contributed by atoms with Gasteiger partial charge >= 0.3 is 0 Å². The van der Waals surface area contributed by atoms with E-state index in [1.54, 1.807) is 12.4 Å². The van der Waals surface area contributed by atoms with Crippen molar-refractivity contribution in [2.45, 2.75) is 13.5 Å². The van der Waals surface area contributed by atoms with E-state index in [1.807, 2.05) is 25.1 Å². The van der Waals surface area contributed by atoms with Crippen molar-refractivity contribution in [3.63, 3.8) is 0 Å². The van der Waals surface area contributed by atoms with Gasteiger partial charge in [-0.2, -0.15) is 4.98 Å². The van der Waals surface area contributed by atoms with Crippen LogP contribution >= 0.6 is 0 Å². The van der Waals surface area contributed by atoms with Crippen molar-refractivity contribution in [2.24, 2.45) is 0 Å². The first-order valence-corrected chi connectivity index (χ1v) is 5.61. The van der Waals surface area contributed by atoms with Crippen molar-refractivity contribution in [3.05, 3.63) is 48.3 Å². The Morgan fingerprint density at radius 3 is 2.76 bits per heavy atom. The van der Waals surface area contributed by atoms with Crippen LogP contribution < -0.4 is 10.1 Å². The molecule has 0 atom stereocenters. The highest BCUT2D eigenvalue weighted by Crippen LogP contribution is 2.10. The Morgan fingerprint density at radius 1 is 1.18 bits per heavy atom. The zero-order valence-corrected chi connectivity index (χ0v) is 9.76.